The van der Waals surface area contributed by atoms with Crippen molar-refractivity contribution in [2.75, 3.05) is 0 Å². The van der Waals surface area contributed by atoms with E-state index in [0.29, 0.717) is 5.92 Å². The monoisotopic (exact) mass is 232 g/mol. The number of benzene rings is 1. The molecule has 0 radical (unpaired) electrons. The van der Waals surface area contributed by atoms with Crippen molar-refractivity contribution in [1.82, 2.24) is 0 Å². The summed E-state index contributed by atoms with van der Waals surface area (Å²) in [6, 6.07) is 8.13. The molecule has 94 valence electrons. The van der Waals surface area contributed by atoms with Crippen LogP contribution in [0, 0.1) is 5.41 Å². The van der Waals surface area contributed by atoms with E-state index >= 15 is 0 Å². The van der Waals surface area contributed by atoms with Crippen molar-refractivity contribution in [3.63, 3.8) is 0 Å². The Morgan fingerprint density at radius 1 is 1.18 bits per heavy atom. The van der Waals surface area contributed by atoms with Crippen molar-refractivity contribution < 1.29 is 4.79 Å². The minimum atomic E-state index is -0.252. The van der Waals surface area contributed by atoms with E-state index in [1.807, 2.05) is 26.0 Å². The maximum absolute atomic E-state index is 12.2. The molecule has 0 heterocycles. The second-order valence-corrected chi connectivity index (χ2v) is 5.50. The molecule has 1 aromatic carbocycles. The minimum absolute atomic E-state index is 0.246. The fourth-order valence-electron chi connectivity index (χ4n) is 1.75. The third-order valence-corrected chi connectivity index (χ3v) is 3.85. The lowest BCUT2D eigenvalue weighted by molar-refractivity contribution is 0.0833. The average molecular weight is 232 g/mol. The maximum atomic E-state index is 12.2. The first-order chi connectivity index (χ1) is 7.92. The van der Waals surface area contributed by atoms with Crippen LogP contribution in [0.25, 0.3) is 0 Å². The van der Waals surface area contributed by atoms with Crippen LogP contribution in [-0.2, 0) is 0 Å². The molecule has 0 aromatic heterocycles. The number of carbonyl (C=O) groups is 1. The molecule has 0 saturated carbocycles. The predicted molar refractivity (Wildman–Crippen MR) is 73.6 cm³/mol. The Morgan fingerprint density at radius 3 is 2.12 bits per heavy atom. The van der Waals surface area contributed by atoms with E-state index < -0.39 is 0 Å². The van der Waals surface area contributed by atoms with Gasteiger partial charge in [-0.1, -0.05) is 58.9 Å². The third kappa shape index (κ3) is 3.18. The fraction of sp³-hybridized carbons (Fsp3) is 0.562. The van der Waals surface area contributed by atoms with E-state index in [1.54, 1.807) is 0 Å². The van der Waals surface area contributed by atoms with Crippen LogP contribution in [0.15, 0.2) is 24.3 Å². The lowest BCUT2D eigenvalue weighted by Crippen LogP contribution is -2.23. The molecular formula is C16H24O. The molecule has 1 unspecified atom stereocenters. The summed E-state index contributed by atoms with van der Waals surface area (Å²) in [6.45, 7) is 10.5. The molecular weight excluding hydrogens is 208 g/mol. The second kappa shape index (κ2) is 5.48. The minimum Gasteiger partial charge on any atom is -0.294 e. The van der Waals surface area contributed by atoms with Crippen molar-refractivity contribution in [2.24, 2.45) is 5.41 Å². The summed E-state index contributed by atoms with van der Waals surface area (Å²) in [7, 11) is 0. The smallest absolute Gasteiger partial charge is 0.168 e. The molecule has 0 N–H and O–H groups in total. The molecule has 0 bridgehead atoms. The summed E-state index contributed by atoms with van der Waals surface area (Å²) in [4.78, 5) is 12.2. The zero-order valence-corrected chi connectivity index (χ0v) is 11.7. The molecule has 1 heteroatoms. The first-order valence-corrected chi connectivity index (χ1v) is 6.57. The summed E-state index contributed by atoms with van der Waals surface area (Å²) in [5.74, 6) is 0.814. The van der Waals surface area contributed by atoms with Gasteiger partial charge in [0.1, 0.15) is 0 Å². The SMILES string of the molecule is CCC(C)c1ccc(C(=O)C(C)(C)CC)cc1. The molecule has 0 aliphatic carbocycles. The van der Waals surface area contributed by atoms with Crippen LogP contribution < -0.4 is 0 Å². The first kappa shape index (κ1) is 14.0. The quantitative estimate of drug-likeness (QED) is 0.665. The molecule has 0 fully saturated rings. The summed E-state index contributed by atoms with van der Waals surface area (Å²) in [5.41, 5.74) is 1.90. The molecule has 0 aliphatic heterocycles. The van der Waals surface area contributed by atoms with Crippen LogP contribution in [0.5, 0.6) is 0 Å². The largest absolute Gasteiger partial charge is 0.294 e. The Kier molecular flexibility index (Phi) is 4.50. The van der Waals surface area contributed by atoms with E-state index in [4.69, 9.17) is 0 Å². The molecule has 1 aromatic rings. The normalized spacial score (nSPS) is 13.5. The summed E-state index contributed by atoms with van der Waals surface area (Å²) >= 11 is 0. The van der Waals surface area contributed by atoms with Gasteiger partial charge in [-0.05, 0) is 24.3 Å². The summed E-state index contributed by atoms with van der Waals surface area (Å²) in [6.07, 6.45) is 2.01. The molecule has 1 nitrogen and oxygen atoms in total. The molecule has 0 saturated heterocycles. The van der Waals surface area contributed by atoms with Crippen LogP contribution in [0.1, 0.15) is 69.3 Å². The topological polar surface area (TPSA) is 17.1 Å². The van der Waals surface area contributed by atoms with E-state index in [9.17, 15) is 4.79 Å². The van der Waals surface area contributed by atoms with E-state index in [1.165, 1.54) is 5.56 Å². The Bertz CT molecular complexity index is 373. The van der Waals surface area contributed by atoms with Gasteiger partial charge in [0.15, 0.2) is 5.78 Å². The number of carbonyl (C=O) groups excluding carboxylic acids is 1. The third-order valence-electron chi connectivity index (χ3n) is 3.85. The highest BCUT2D eigenvalue weighted by Gasteiger charge is 2.26. The molecule has 0 amide bonds. The van der Waals surface area contributed by atoms with Gasteiger partial charge in [0.05, 0.1) is 0 Å². The van der Waals surface area contributed by atoms with E-state index in [2.05, 4.69) is 32.9 Å². The van der Waals surface area contributed by atoms with Gasteiger partial charge in [0.25, 0.3) is 0 Å². The molecule has 0 spiro atoms. The number of Topliss-reactive ketones (excluding diaryl/α,β-unsaturated/α-hetero) is 1. The molecule has 0 aliphatic rings. The van der Waals surface area contributed by atoms with Crippen molar-refractivity contribution >= 4 is 5.78 Å². The highest BCUT2D eigenvalue weighted by molar-refractivity contribution is 6.00. The van der Waals surface area contributed by atoms with Gasteiger partial charge in [-0.25, -0.2) is 0 Å². The van der Waals surface area contributed by atoms with Gasteiger partial charge in [0, 0.05) is 11.0 Å². The number of rotatable bonds is 5. The number of hydrogen-bond acceptors (Lipinski definition) is 1. The van der Waals surface area contributed by atoms with Crippen molar-refractivity contribution in [2.45, 2.75) is 53.4 Å². The highest BCUT2D eigenvalue weighted by Crippen LogP contribution is 2.26. The van der Waals surface area contributed by atoms with Gasteiger partial charge in [-0.15, -0.1) is 0 Å². The van der Waals surface area contributed by atoms with E-state index in [0.717, 1.165) is 18.4 Å². The van der Waals surface area contributed by atoms with Gasteiger partial charge in [0.2, 0.25) is 0 Å². The second-order valence-electron chi connectivity index (χ2n) is 5.50. The Morgan fingerprint density at radius 2 is 1.71 bits per heavy atom. The first-order valence-electron chi connectivity index (χ1n) is 6.57. The lowest BCUT2D eigenvalue weighted by Gasteiger charge is -2.21. The van der Waals surface area contributed by atoms with Gasteiger partial charge in [-0.2, -0.15) is 0 Å². The maximum Gasteiger partial charge on any atom is 0.168 e. The molecule has 1 atom stereocenters. The molecule has 1 rings (SSSR count). The number of hydrogen-bond donors (Lipinski definition) is 0. The highest BCUT2D eigenvalue weighted by atomic mass is 16.1. The Hall–Kier alpha value is -1.11. The van der Waals surface area contributed by atoms with Crippen LogP contribution in [0.2, 0.25) is 0 Å². The van der Waals surface area contributed by atoms with Gasteiger partial charge < -0.3 is 0 Å². The van der Waals surface area contributed by atoms with Crippen LogP contribution in [0.3, 0.4) is 0 Å². The van der Waals surface area contributed by atoms with Crippen LogP contribution in [0.4, 0.5) is 0 Å². The Labute approximate surface area is 105 Å². The fourth-order valence-corrected chi connectivity index (χ4v) is 1.75. The van der Waals surface area contributed by atoms with Crippen LogP contribution >= 0.6 is 0 Å². The summed E-state index contributed by atoms with van der Waals surface area (Å²) < 4.78 is 0. The van der Waals surface area contributed by atoms with Crippen molar-refractivity contribution in [1.29, 1.82) is 0 Å². The lowest BCUT2D eigenvalue weighted by atomic mass is 9.81. The average Bonchev–Trinajstić information content (AvgIpc) is 2.37. The van der Waals surface area contributed by atoms with Crippen molar-refractivity contribution in [3.05, 3.63) is 35.4 Å². The van der Waals surface area contributed by atoms with E-state index in [-0.39, 0.29) is 11.2 Å². The summed E-state index contributed by atoms with van der Waals surface area (Å²) in [5, 5.41) is 0. The van der Waals surface area contributed by atoms with Crippen LogP contribution in [-0.4, -0.2) is 5.78 Å². The predicted octanol–water partition coefficient (Wildman–Crippen LogP) is 4.82. The standard InChI is InChI=1S/C16H24O/c1-6-12(3)13-8-10-14(11-9-13)15(17)16(4,5)7-2/h8-12H,6-7H2,1-5H3. The number of ketones is 1. The zero-order chi connectivity index (χ0) is 13.1. The van der Waals surface area contributed by atoms with Gasteiger partial charge >= 0.3 is 0 Å². The van der Waals surface area contributed by atoms with Crippen molar-refractivity contribution in [3.8, 4) is 0 Å². The Balaban J connectivity index is 2.92. The molecule has 17 heavy (non-hydrogen) atoms. The van der Waals surface area contributed by atoms with Gasteiger partial charge in [-0.3, -0.25) is 4.79 Å². The zero-order valence-electron chi connectivity index (χ0n) is 11.7.